The molecule has 4 heteroatoms. The summed E-state index contributed by atoms with van der Waals surface area (Å²) in [5, 5.41) is 8.53. The van der Waals surface area contributed by atoms with Gasteiger partial charge in [0, 0.05) is 25.6 Å². The topological polar surface area (TPSA) is 55.5 Å². The van der Waals surface area contributed by atoms with Gasteiger partial charge in [0.25, 0.3) is 0 Å². The van der Waals surface area contributed by atoms with Crippen LogP contribution in [0.1, 0.15) is 12.0 Å². The Morgan fingerprint density at radius 2 is 2.14 bits per heavy atom. The molecule has 0 aliphatic heterocycles. The highest BCUT2D eigenvalue weighted by Crippen LogP contribution is 2.16. The molecule has 0 unspecified atom stereocenters. The molecule has 1 aromatic rings. The molecule has 0 heterocycles. The van der Waals surface area contributed by atoms with Crippen molar-refractivity contribution in [1.29, 1.82) is 0 Å². The number of nitrogens with two attached hydrogens (primary N) is 1. The summed E-state index contributed by atoms with van der Waals surface area (Å²) in [5.74, 6) is 0.103. The summed E-state index contributed by atoms with van der Waals surface area (Å²) in [5.41, 5.74) is 6.08. The normalized spacial score (nSPS) is 10.2. The van der Waals surface area contributed by atoms with E-state index in [0.29, 0.717) is 24.3 Å². The Hall–Kier alpha value is -1.13. The van der Waals surface area contributed by atoms with Crippen LogP contribution in [0.4, 0.5) is 4.39 Å². The van der Waals surface area contributed by atoms with Gasteiger partial charge in [-0.1, -0.05) is 0 Å². The summed E-state index contributed by atoms with van der Waals surface area (Å²) in [6.45, 7) is 0.733. The summed E-state index contributed by atoms with van der Waals surface area (Å²) >= 11 is 0. The Morgan fingerprint density at radius 1 is 1.36 bits per heavy atom. The molecule has 0 spiro atoms. The lowest BCUT2D eigenvalue weighted by Gasteiger charge is -2.06. The second kappa shape index (κ2) is 5.57. The fourth-order valence-electron chi connectivity index (χ4n) is 1.08. The van der Waals surface area contributed by atoms with E-state index in [-0.39, 0.29) is 19.0 Å². The standard InChI is InChI=1S/C10H14FNO2/c11-9-4-8(7-12)5-10(6-9)14-3-1-2-13/h4-6,13H,1-3,7,12H2. The molecule has 14 heavy (non-hydrogen) atoms. The zero-order valence-corrected chi connectivity index (χ0v) is 7.87. The van der Waals surface area contributed by atoms with Crippen molar-refractivity contribution in [2.24, 2.45) is 5.73 Å². The first-order valence-corrected chi connectivity index (χ1v) is 4.49. The molecule has 0 saturated carbocycles. The van der Waals surface area contributed by atoms with E-state index in [9.17, 15) is 4.39 Å². The monoisotopic (exact) mass is 199 g/mol. The van der Waals surface area contributed by atoms with Crippen molar-refractivity contribution in [3.05, 3.63) is 29.6 Å². The van der Waals surface area contributed by atoms with Gasteiger partial charge in [-0.3, -0.25) is 0 Å². The number of hydrogen-bond acceptors (Lipinski definition) is 3. The van der Waals surface area contributed by atoms with Crippen LogP contribution < -0.4 is 10.5 Å². The van der Waals surface area contributed by atoms with Crippen molar-refractivity contribution in [1.82, 2.24) is 0 Å². The van der Waals surface area contributed by atoms with Crippen LogP contribution in [0.5, 0.6) is 5.75 Å². The molecule has 0 atom stereocenters. The fraction of sp³-hybridized carbons (Fsp3) is 0.400. The average Bonchev–Trinajstić information content (AvgIpc) is 2.17. The van der Waals surface area contributed by atoms with Gasteiger partial charge in [-0.05, 0) is 17.7 Å². The third kappa shape index (κ3) is 3.32. The predicted octanol–water partition coefficient (Wildman–Crippen LogP) is 1.05. The molecule has 0 aromatic heterocycles. The summed E-state index contributed by atoms with van der Waals surface area (Å²) in [7, 11) is 0. The Labute approximate surface area is 82.3 Å². The molecule has 0 aliphatic carbocycles. The second-order valence-corrected chi connectivity index (χ2v) is 2.92. The van der Waals surface area contributed by atoms with Crippen LogP contribution >= 0.6 is 0 Å². The number of hydrogen-bond donors (Lipinski definition) is 2. The Kier molecular flexibility index (Phi) is 4.35. The van der Waals surface area contributed by atoms with Gasteiger partial charge in [-0.25, -0.2) is 4.39 Å². The lowest BCUT2D eigenvalue weighted by molar-refractivity contribution is 0.233. The van der Waals surface area contributed by atoms with Crippen molar-refractivity contribution < 1.29 is 14.2 Å². The van der Waals surface area contributed by atoms with Crippen LogP contribution in [0.2, 0.25) is 0 Å². The van der Waals surface area contributed by atoms with E-state index in [1.807, 2.05) is 0 Å². The summed E-state index contributed by atoms with van der Waals surface area (Å²) in [6, 6.07) is 4.37. The molecule has 0 fully saturated rings. The lowest BCUT2D eigenvalue weighted by atomic mass is 10.2. The van der Waals surface area contributed by atoms with Crippen LogP contribution in [0, 0.1) is 5.82 Å². The SMILES string of the molecule is NCc1cc(F)cc(OCCCO)c1. The fourth-order valence-corrected chi connectivity index (χ4v) is 1.08. The Morgan fingerprint density at radius 3 is 2.79 bits per heavy atom. The zero-order chi connectivity index (χ0) is 10.4. The molecule has 3 nitrogen and oxygen atoms in total. The number of aliphatic hydroxyl groups excluding tert-OH is 1. The molecular weight excluding hydrogens is 185 g/mol. The maximum absolute atomic E-state index is 12.9. The highest BCUT2D eigenvalue weighted by Gasteiger charge is 2.00. The number of benzene rings is 1. The van der Waals surface area contributed by atoms with Crippen molar-refractivity contribution in [2.45, 2.75) is 13.0 Å². The molecule has 0 amide bonds. The van der Waals surface area contributed by atoms with Gasteiger partial charge < -0.3 is 15.6 Å². The van der Waals surface area contributed by atoms with Crippen molar-refractivity contribution >= 4 is 0 Å². The Balaban J connectivity index is 2.62. The van der Waals surface area contributed by atoms with Gasteiger partial charge in [0.15, 0.2) is 0 Å². The van der Waals surface area contributed by atoms with E-state index < -0.39 is 0 Å². The largest absolute Gasteiger partial charge is 0.493 e. The minimum Gasteiger partial charge on any atom is -0.493 e. The number of ether oxygens (including phenoxy) is 1. The van der Waals surface area contributed by atoms with Crippen LogP contribution in [-0.4, -0.2) is 18.3 Å². The lowest BCUT2D eigenvalue weighted by Crippen LogP contribution is -2.02. The van der Waals surface area contributed by atoms with E-state index in [2.05, 4.69) is 0 Å². The van der Waals surface area contributed by atoms with E-state index in [1.165, 1.54) is 12.1 Å². The first-order chi connectivity index (χ1) is 6.76. The molecule has 1 rings (SSSR count). The average molecular weight is 199 g/mol. The number of rotatable bonds is 5. The van der Waals surface area contributed by atoms with E-state index >= 15 is 0 Å². The van der Waals surface area contributed by atoms with Gasteiger partial charge in [-0.15, -0.1) is 0 Å². The third-order valence-electron chi connectivity index (χ3n) is 1.74. The maximum Gasteiger partial charge on any atom is 0.127 e. The third-order valence-corrected chi connectivity index (χ3v) is 1.74. The number of halogens is 1. The molecule has 0 radical (unpaired) electrons. The van der Waals surface area contributed by atoms with E-state index in [4.69, 9.17) is 15.6 Å². The summed E-state index contributed by atoms with van der Waals surface area (Å²) in [4.78, 5) is 0. The van der Waals surface area contributed by atoms with Gasteiger partial charge in [0.1, 0.15) is 11.6 Å². The first kappa shape index (κ1) is 10.9. The van der Waals surface area contributed by atoms with Crippen molar-refractivity contribution in [2.75, 3.05) is 13.2 Å². The molecule has 0 bridgehead atoms. The molecule has 0 aliphatic rings. The van der Waals surface area contributed by atoms with Crippen LogP contribution in [0.25, 0.3) is 0 Å². The van der Waals surface area contributed by atoms with Gasteiger partial charge >= 0.3 is 0 Å². The second-order valence-electron chi connectivity index (χ2n) is 2.92. The molecule has 3 N–H and O–H groups in total. The van der Waals surface area contributed by atoms with Gasteiger partial charge in [-0.2, -0.15) is 0 Å². The summed E-state index contributed by atoms with van der Waals surface area (Å²) < 4.78 is 18.2. The zero-order valence-electron chi connectivity index (χ0n) is 7.87. The molecule has 0 saturated heterocycles. The highest BCUT2D eigenvalue weighted by atomic mass is 19.1. The predicted molar refractivity (Wildman–Crippen MR) is 51.5 cm³/mol. The highest BCUT2D eigenvalue weighted by molar-refractivity contribution is 5.29. The first-order valence-electron chi connectivity index (χ1n) is 4.49. The van der Waals surface area contributed by atoms with Crippen LogP contribution in [-0.2, 0) is 6.54 Å². The molecular formula is C10H14FNO2. The minimum absolute atomic E-state index is 0.0685. The van der Waals surface area contributed by atoms with Crippen molar-refractivity contribution in [3.8, 4) is 5.75 Å². The van der Waals surface area contributed by atoms with Gasteiger partial charge in [0.05, 0.1) is 6.61 Å². The smallest absolute Gasteiger partial charge is 0.127 e. The van der Waals surface area contributed by atoms with Gasteiger partial charge in [0.2, 0.25) is 0 Å². The maximum atomic E-state index is 12.9. The molecule has 78 valence electrons. The van der Waals surface area contributed by atoms with E-state index in [0.717, 1.165) is 0 Å². The molecule has 1 aromatic carbocycles. The van der Waals surface area contributed by atoms with Crippen LogP contribution in [0.3, 0.4) is 0 Å². The van der Waals surface area contributed by atoms with Crippen LogP contribution in [0.15, 0.2) is 18.2 Å². The quantitative estimate of drug-likeness (QED) is 0.697. The van der Waals surface area contributed by atoms with E-state index in [1.54, 1.807) is 6.07 Å². The summed E-state index contributed by atoms with van der Waals surface area (Å²) in [6.07, 6.45) is 0.536. The minimum atomic E-state index is -0.355. The Bertz CT molecular complexity index is 291. The van der Waals surface area contributed by atoms with Crippen molar-refractivity contribution in [3.63, 3.8) is 0 Å². The number of aliphatic hydroxyl groups is 1.